The van der Waals surface area contributed by atoms with Gasteiger partial charge in [0, 0.05) is 0 Å². The maximum Gasteiger partial charge on any atom is 0.399 e. The Morgan fingerprint density at radius 2 is 1.79 bits per heavy atom. The van der Waals surface area contributed by atoms with Gasteiger partial charge in [-0.2, -0.15) is 8.42 Å². The van der Waals surface area contributed by atoms with Crippen LogP contribution < -0.4 is 0 Å². The van der Waals surface area contributed by atoms with E-state index < -0.39 is 33.5 Å². The SMILES string of the molecule is O=S(=O)(O)OC(O)C([C](O)S)C(O)S. The van der Waals surface area contributed by atoms with Crippen molar-refractivity contribution in [2.75, 3.05) is 0 Å². The fourth-order valence-corrected chi connectivity index (χ4v) is 1.64. The van der Waals surface area contributed by atoms with Crippen molar-refractivity contribution in [1.29, 1.82) is 0 Å². The number of hydrogen-bond donors (Lipinski definition) is 6. The fourth-order valence-electron chi connectivity index (χ4n) is 0.593. The first-order chi connectivity index (χ1) is 6.15. The highest BCUT2D eigenvalue weighted by atomic mass is 32.3. The summed E-state index contributed by atoms with van der Waals surface area (Å²) < 4.78 is 32.1. The van der Waals surface area contributed by atoms with Crippen LogP contribution in [0.3, 0.4) is 0 Å². The zero-order chi connectivity index (χ0) is 11.5. The maximum atomic E-state index is 10.1. The average molecular weight is 265 g/mol. The summed E-state index contributed by atoms with van der Waals surface area (Å²) in [7, 11) is -4.89. The number of aliphatic hydroxyl groups excluding tert-OH is 3. The van der Waals surface area contributed by atoms with Crippen LogP contribution >= 0.6 is 25.3 Å². The smallest absolute Gasteiger partial charge is 0.382 e. The molecule has 3 unspecified atom stereocenters. The van der Waals surface area contributed by atoms with Gasteiger partial charge in [0.15, 0.2) is 11.7 Å². The van der Waals surface area contributed by atoms with Gasteiger partial charge in [0.05, 0.1) is 5.92 Å². The number of aliphatic hydroxyl groups is 3. The first-order valence-corrected chi connectivity index (χ1v) is 5.42. The molecule has 0 spiro atoms. The zero-order valence-electron chi connectivity index (χ0n) is 6.55. The van der Waals surface area contributed by atoms with E-state index >= 15 is 0 Å². The molecule has 0 aromatic carbocycles. The van der Waals surface area contributed by atoms with E-state index in [9.17, 15) is 8.42 Å². The second-order valence-electron chi connectivity index (χ2n) is 2.21. The third-order valence-electron chi connectivity index (χ3n) is 1.15. The van der Waals surface area contributed by atoms with Crippen LogP contribution in [0, 0.1) is 11.4 Å². The molecule has 10 heteroatoms. The van der Waals surface area contributed by atoms with Crippen LogP contribution in [0.1, 0.15) is 0 Å². The molecule has 0 fully saturated rings. The topological polar surface area (TPSA) is 124 Å². The van der Waals surface area contributed by atoms with Crippen LogP contribution in [0.2, 0.25) is 0 Å². The van der Waals surface area contributed by atoms with Gasteiger partial charge in [-0.25, -0.2) is 4.18 Å². The number of hydrogen-bond acceptors (Lipinski definition) is 8. The molecule has 14 heavy (non-hydrogen) atoms. The molecule has 0 saturated heterocycles. The van der Waals surface area contributed by atoms with Crippen LogP contribution in [0.5, 0.6) is 0 Å². The summed E-state index contributed by atoms with van der Waals surface area (Å²) in [4.78, 5) is 0. The molecule has 0 aromatic heterocycles. The van der Waals surface area contributed by atoms with Crippen molar-refractivity contribution in [3.8, 4) is 0 Å². The van der Waals surface area contributed by atoms with Crippen molar-refractivity contribution in [1.82, 2.24) is 0 Å². The molecule has 4 N–H and O–H groups in total. The maximum absolute atomic E-state index is 10.1. The van der Waals surface area contributed by atoms with Crippen LogP contribution in [0.15, 0.2) is 0 Å². The van der Waals surface area contributed by atoms with Gasteiger partial charge in [0.1, 0.15) is 5.44 Å². The minimum Gasteiger partial charge on any atom is -0.382 e. The number of thiol groups is 2. The predicted octanol–water partition coefficient (Wildman–Crippen LogP) is -1.22. The average Bonchev–Trinajstić information content (AvgIpc) is 1.78. The van der Waals surface area contributed by atoms with Crippen molar-refractivity contribution in [3.05, 3.63) is 5.44 Å². The minimum atomic E-state index is -4.89. The molecule has 0 amide bonds. The summed E-state index contributed by atoms with van der Waals surface area (Å²) in [6.45, 7) is 0. The van der Waals surface area contributed by atoms with E-state index in [2.05, 4.69) is 29.4 Å². The Hall–Kier alpha value is 0.450. The van der Waals surface area contributed by atoms with Crippen molar-refractivity contribution in [3.63, 3.8) is 0 Å². The van der Waals surface area contributed by atoms with Crippen LogP contribution in [-0.4, -0.2) is 40.0 Å². The van der Waals surface area contributed by atoms with Gasteiger partial charge >= 0.3 is 10.4 Å². The quantitative estimate of drug-likeness (QED) is 0.209. The Labute approximate surface area is 91.5 Å². The molecule has 0 aliphatic rings. The number of rotatable bonds is 5. The summed E-state index contributed by atoms with van der Waals surface area (Å²) in [5.74, 6) is -1.58. The first kappa shape index (κ1) is 14.5. The Kier molecular flexibility index (Phi) is 5.69. The lowest BCUT2D eigenvalue weighted by molar-refractivity contribution is -0.0866. The van der Waals surface area contributed by atoms with Gasteiger partial charge in [-0.15, -0.1) is 25.3 Å². The van der Waals surface area contributed by atoms with Crippen molar-refractivity contribution >= 4 is 35.7 Å². The molecule has 0 rings (SSSR count). The molecule has 0 saturated carbocycles. The van der Waals surface area contributed by atoms with E-state index in [0.29, 0.717) is 0 Å². The lowest BCUT2D eigenvalue weighted by Gasteiger charge is -2.24. The second-order valence-corrected chi connectivity index (χ2v) is 4.25. The van der Waals surface area contributed by atoms with Crippen LogP contribution in [-0.2, 0) is 14.6 Å². The van der Waals surface area contributed by atoms with Gasteiger partial charge in [0.25, 0.3) is 0 Å². The van der Waals surface area contributed by atoms with E-state index in [1.807, 2.05) is 0 Å². The molecule has 0 bridgehead atoms. The molecule has 0 heterocycles. The van der Waals surface area contributed by atoms with E-state index in [1.165, 1.54) is 0 Å². The summed E-state index contributed by atoms with van der Waals surface area (Å²) in [6, 6.07) is 0. The molecular formula is C4H9O7S3. The van der Waals surface area contributed by atoms with Gasteiger partial charge in [-0.05, 0) is 0 Å². The predicted molar refractivity (Wildman–Crippen MR) is 51.3 cm³/mol. The van der Waals surface area contributed by atoms with Crippen molar-refractivity contribution in [2.24, 2.45) is 5.92 Å². The Morgan fingerprint density at radius 3 is 2.00 bits per heavy atom. The minimum absolute atomic E-state index is 0.788. The van der Waals surface area contributed by atoms with Crippen LogP contribution in [0.25, 0.3) is 0 Å². The molecule has 0 aliphatic carbocycles. The highest BCUT2D eigenvalue weighted by molar-refractivity contribution is 7.83. The molecular weight excluding hydrogens is 256 g/mol. The normalized spacial score (nSPS) is 19.4. The molecule has 3 atom stereocenters. The largest absolute Gasteiger partial charge is 0.399 e. The monoisotopic (exact) mass is 265 g/mol. The van der Waals surface area contributed by atoms with E-state index in [4.69, 9.17) is 19.9 Å². The van der Waals surface area contributed by atoms with Crippen molar-refractivity contribution in [2.45, 2.75) is 11.7 Å². The summed E-state index contributed by atoms with van der Waals surface area (Å²) in [6.07, 6.45) is -2.19. The zero-order valence-corrected chi connectivity index (χ0v) is 9.15. The Morgan fingerprint density at radius 1 is 1.36 bits per heavy atom. The third-order valence-corrected chi connectivity index (χ3v) is 2.21. The first-order valence-electron chi connectivity index (χ1n) is 3.10. The van der Waals surface area contributed by atoms with Gasteiger partial charge in [0.2, 0.25) is 0 Å². The van der Waals surface area contributed by atoms with Crippen LogP contribution in [0.4, 0.5) is 0 Å². The molecule has 7 nitrogen and oxygen atoms in total. The second kappa shape index (κ2) is 5.51. The van der Waals surface area contributed by atoms with Gasteiger partial charge in [-0.1, -0.05) is 0 Å². The van der Waals surface area contributed by atoms with Gasteiger partial charge < -0.3 is 15.3 Å². The highest BCUT2D eigenvalue weighted by Crippen LogP contribution is 2.26. The summed E-state index contributed by atoms with van der Waals surface area (Å²) in [5, 5.41) is 26.7. The molecule has 1 radical (unpaired) electrons. The third kappa shape index (κ3) is 5.36. The van der Waals surface area contributed by atoms with Gasteiger partial charge in [-0.3, -0.25) is 4.55 Å². The Balaban J connectivity index is 4.53. The molecule has 0 aliphatic heterocycles. The summed E-state index contributed by atoms with van der Waals surface area (Å²) in [5.41, 5.74) is -2.40. The standard InChI is InChI=1S/C4H9O7S3/c5-2(11-14(8,9)10)1(3(6)12)4(7)13/h1-3,5-7,12-13H,(H,8,9,10). The highest BCUT2D eigenvalue weighted by Gasteiger charge is 2.34. The Bertz CT molecular complexity index is 252. The lowest BCUT2D eigenvalue weighted by Crippen LogP contribution is -2.35. The molecule has 0 aromatic rings. The van der Waals surface area contributed by atoms with E-state index in [-0.39, 0.29) is 0 Å². The van der Waals surface area contributed by atoms with E-state index in [1.54, 1.807) is 0 Å². The molecule has 85 valence electrons. The van der Waals surface area contributed by atoms with Crippen molar-refractivity contribution < 1.29 is 32.5 Å². The summed E-state index contributed by atoms with van der Waals surface area (Å²) >= 11 is 6.80. The lowest BCUT2D eigenvalue weighted by atomic mass is 10.1. The fraction of sp³-hybridized carbons (Fsp3) is 0.750. The van der Waals surface area contributed by atoms with E-state index in [0.717, 1.165) is 0 Å².